The van der Waals surface area contributed by atoms with Crippen LogP contribution in [0, 0.1) is 35.0 Å². The Balaban J connectivity index is 1.30. The number of carbonyl (C=O) groups is 8. The fourth-order valence-electron chi connectivity index (χ4n) is 11.2. The number of alkyl carbamates (subject to hydrolysis) is 1. The molecule has 72 heavy (non-hydrogen) atoms. The van der Waals surface area contributed by atoms with Crippen LogP contribution in [0.15, 0.2) is 0 Å². The average molecular weight is 1020 g/mol. The lowest BCUT2D eigenvalue weighted by Crippen LogP contribution is -2.61. The molecule has 2 saturated heterocycles. The van der Waals surface area contributed by atoms with Gasteiger partial charge in [0.1, 0.15) is 47.0 Å². The maximum Gasteiger partial charge on any atom is 0.481 e. The lowest BCUT2D eigenvalue weighted by atomic mass is 9.73. The fourth-order valence-corrected chi connectivity index (χ4v) is 11.2. The summed E-state index contributed by atoms with van der Waals surface area (Å²) in [6.07, 6.45) is 3.74. The molecule has 0 spiro atoms. The Morgan fingerprint density at radius 2 is 1.24 bits per heavy atom. The van der Waals surface area contributed by atoms with Gasteiger partial charge in [0.05, 0.1) is 24.1 Å². The van der Waals surface area contributed by atoms with Crippen LogP contribution < -0.4 is 26.6 Å². The van der Waals surface area contributed by atoms with Gasteiger partial charge < -0.3 is 55.0 Å². The molecule has 5 N–H and O–H groups in total. The van der Waals surface area contributed by atoms with Gasteiger partial charge in [-0.3, -0.25) is 33.6 Å². The summed E-state index contributed by atoms with van der Waals surface area (Å²) >= 11 is 0. The minimum atomic E-state index is -1.58. The summed E-state index contributed by atoms with van der Waals surface area (Å²) in [7, 11) is -0.599. The van der Waals surface area contributed by atoms with Crippen LogP contribution in [0.4, 0.5) is 4.79 Å². The highest BCUT2D eigenvalue weighted by Gasteiger charge is 2.71. The predicted octanol–water partition coefficient (Wildman–Crippen LogP) is 5.04. The van der Waals surface area contributed by atoms with Crippen molar-refractivity contribution in [1.29, 1.82) is 0 Å². The third kappa shape index (κ3) is 15.1. The molecule has 3 unspecified atom stereocenters. The van der Waals surface area contributed by atoms with E-state index in [1.54, 1.807) is 90.0 Å². The molecular weight excluding hydrogens is 927 g/mol. The van der Waals surface area contributed by atoms with E-state index in [1.807, 2.05) is 0 Å². The van der Waals surface area contributed by atoms with Crippen LogP contribution in [0.25, 0.3) is 0 Å². The second-order valence-electron chi connectivity index (χ2n) is 25.4. The van der Waals surface area contributed by atoms with Crippen LogP contribution in [0.5, 0.6) is 0 Å². The third-order valence-corrected chi connectivity index (χ3v) is 14.6. The third-order valence-electron chi connectivity index (χ3n) is 14.6. The van der Waals surface area contributed by atoms with E-state index in [-0.39, 0.29) is 30.3 Å². The lowest BCUT2D eigenvalue weighted by molar-refractivity contribution is -0.156. The van der Waals surface area contributed by atoms with Crippen molar-refractivity contribution >= 4 is 54.7 Å². The monoisotopic (exact) mass is 1010 g/mol. The summed E-state index contributed by atoms with van der Waals surface area (Å²) in [4.78, 5) is 112. The number of likely N-dealkylation sites (tertiary alicyclic amines) is 1. The van der Waals surface area contributed by atoms with Crippen LogP contribution in [0.1, 0.15) is 175 Å². The van der Waals surface area contributed by atoms with Crippen LogP contribution in [0.3, 0.4) is 0 Å². The summed E-state index contributed by atoms with van der Waals surface area (Å²) in [6, 6.07) is -6.19. The van der Waals surface area contributed by atoms with Gasteiger partial charge in [0, 0.05) is 13.0 Å². The fraction of sp³-hybridized carbons (Fsp3) is 0.846. The minimum absolute atomic E-state index is 0.0487. The van der Waals surface area contributed by atoms with E-state index in [9.17, 15) is 38.4 Å². The topological polar surface area (TPSA) is 246 Å². The summed E-state index contributed by atoms with van der Waals surface area (Å²) in [5.41, 5.74) is -3.07. The highest BCUT2D eigenvalue weighted by molar-refractivity contribution is 6.48. The molecule has 0 aromatic heterocycles. The molecule has 10 atom stereocenters. The van der Waals surface area contributed by atoms with E-state index < -0.39 is 126 Å². The van der Waals surface area contributed by atoms with Crippen molar-refractivity contribution < 1.29 is 61.9 Å². The Kier molecular flexibility index (Phi) is 18.3. The second kappa shape index (κ2) is 22.6. The van der Waals surface area contributed by atoms with E-state index >= 15 is 0 Å². The number of amides is 6. The van der Waals surface area contributed by atoms with E-state index in [0.717, 1.165) is 25.7 Å². The van der Waals surface area contributed by atoms with Gasteiger partial charge in [0.25, 0.3) is 0 Å². The van der Waals surface area contributed by atoms with Crippen LogP contribution in [-0.4, -0.2) is 131 Å². The number of nitrogens with one attached hydrogen (secondary N) is 5. The summed E-state index contributed by atoms with van der Waals surface area (Å²) in [5, 5.41) is 13.8. The Hall–Kier alpha value is -4.46. The molecule has 5 rings (SSSR count). The Morgan fingerprint density at radius 3 is 1.79 bits per heavy atom. The lowest BCUT2D eigenvalue weighted by Gasteiger charge is -2.35. The average Bonchev–Trinajstić information content (AvgIpc) is 3.55. The van der Waals surface area contributed by atoms with Crippen LogP contribution in [-0.2, 0) is 57.1 Å². The van der Waals surface area contributed by atoms with Crippen molar-refractivity contribution in [2.75, 3.05) is 6.54 Å². The Morgan fingerprint density at radius 1 is 0.667 bits per heavy atom. The van der Waals surface area contributed by atoms with Gasteiger partial charge in [0.15, 0.2) is 0 Å². The number of rotatable bonds is 20. The number of fused-ring (bicyclic) bond motifs is 5. The standard InChI is InChI=1S/C52H87BN6O13/c1-28(2)39(57-42(62)32(22-24-37(60)68-48(5,6)7)54-43(63)33(27-38(61)69-49(8,9)10)55-47(67)70-50(11,12)13)45(65)58-40(29(3)4)46(66)59-25-17-18-34(59)44(64)56-36(26-30-19-20-30)53-71-41-31-21-23-35(51(31,14)15)52(41,16)72-53/h28-36,39-41H,17-27H2,1-16H3,(H,54,63)(H,55,67)(H,56,64)(H,57,62)(H,58,65)/t31?,32-,33-,34-,35?,36-,39-,40-,41?,52-/m0/s1. The van der Waals surface area contributed by atoms with Crippen LogP contribution >= 0.6 is 0 Å². The van der Waals surface area contributed by atoms with Crippen molar-refractivity contribution in [2.24, 2.45) is 35.0 Å². The van der Waals surface area contributed by atoms with Gasteiger partial charge >= 0.3 is 25.2 Å². The van der Waals surface area contributed by atoms with Crippen molar-refractivity contribution in [3.63, 3.8) is 0 Å². The molecule has 2 aliphatic heterocycles. The summed E-state index contributed by atoms with van der Waals surface area (Å²) in [5.74, 6) is -4.91. The zero-order valence-corrected chi connectivity index (χ0v) is 46.0. The number of hydrogen-bond acceptors (Lipinski definition) is 13. The van der Waals surface area contributed by atoms with Gasteiger partial charge in [-0.25, -0.2) is 4.79 Å². The van der Waals surface area contributed by atoms with Crippen LogP contribution in [0.2, 0.25) is 0 Å². The molecule has 19 nitrogen and oxygen atoms in total. The molecule has 20 heteroatoms. The molecule has 5 aliphatic rings. The highest BCUT2D eigenvalue weighted by Crippen LogP contribution is 2.66. The van der Waals surface area contributed by atoms with Gasteiger partial charge in [-0.1, -0.05) is 54.4 Å². The molecule has 0 radical (unpaired) electrons. The zero-order valence-electron chi connectivity index (χ0n) is 46.0. The molecule has 6 amide bonds. The van der Waals surface area contributed by atoms with Gasteiger partial charge in [-0.05, 0) is 143 Å². The maximum absolute atomic E-state index is 14.6. The first-order chi connectivity index (χ1) is 33.1. The number of esters is 2. The van der Waals surface area contributed by atoms with Gasteiger partial charge in [-0.15, -0.1) is 0 Å². The quantitative estimate of drug-likeness (QED) is 0.0610. The number of nitrogens with zero attached hydrogens (tertiary/aromatic N) is 1. The van der Waals surface area contributed by atoms with Crippen molar-refractivity contribution in [2.45, 2.75) is 240 Å². The number of carbonyl (C=O) groups excluding carboxylic acids is 8. The van der Waals surface area contributed by atoms with Crippen molar-refractivity contribution in [1.82, 2.24) is 31.5 Å². The first-order valence-corrected chi connectivity index (χ1v) is 26.4. The molecule has 5 fully saturated rings. The largest absolute Gasteiger partial charge is 0.481 e. The molecule has 3 saturated carbocycles. The molecule has 2 heterocycles. The minimum Gasteiger partial charge on any atom is -0.460 e. The zero-order chi connectivity index (χ0) is 54.1. The normalized spacial score (nSPS) is 25.7. The predicted molar refractivity (Wildman–Crippen MR) is 268 cm³/mol. The molecule has 3 aliphatic carbocycles. The second-order valence-corrected chi connectivity index (χ2v) is 25.4. The molecule has 2 bridgehead atoms. The maximum atomic E-state index is 14.6. The molecule has 0 aromatic carbocycles. The molecular formula is C52H87BN6O13. The van der Waals surface area contributed by atoms with E-state index in [4.69, 9.17) is 23.5 Å². The summed E-state index contributed by atoms with van der Waals surface area (Å²) < 4.78 is 29.8. The van der Waals surface area contributed by atoms with Gasteiger partial charge in [0.2, 0.25) is 29.5 Å². The van der Waals surface area contributed by atoms with E-state index in [1.165, 1.54) is 4.90 Å². The van der Waals surface area contributed by atoms with Crippen molar-refractivity contribution in [3.05, 3.63) is 0 Å². The highest BCUT2D eigenvalue weighted by atomic mass is 16.7. The first kappa shape index (κ1) is 58.4. The number of hydrogen-bond donors (Lipinski definition) is 5. The Labute approximate surface area is 428 Å². The SMILES string of the molecule is CC(C)[C@H](NC(=O)[C@H](CCC(=O)OC(C)(C)C)NC(=O)[C@H](CC(=O)OC(C)(C)C)NC(=O)OC(C)(C)C)C(=O)N[C@H](C(=O)N1CCC[C@H]1C(=O)N[C@@H](CC1CC1)B1OC2C3CCC(C3(C)C)[C@]2(C)O1)C(C)C. The van der Waals surface area contributed by atoms with Gasteiger partial charge in [-0.2, -0.15) is 0 Å². The molecule has 406 valence electrons. The Bertz CT molecular complexity index is 2000. The van der Waals surface area contributed by atoms with Crippen molar-refractivity contribution in [3.8, 4) is 0 Å². The molecule has 0 aromatic rings. The van der Waals surface area contributed by atoms with E-state index in [0.29, 0.717) is 43.6 Å². The number of ether oxygens (including phenoxy) is 3. The summed E-state index contributed by atoms with van der Waals surface area (Å²) in [6.45, 7) is 28.9. The first-order valence-electron chi connectivity index (χ1n) is 26.4. The smallest absolute Gasteiger partial charge is 0.460 e. The van der Waals surface area contributed by atoms with E-state index in [2.05, 4.69) is 47.4 Å².